The van der Waals surface area contributed by atoms with Gasteiger partial charge in [0, 0.05) is 0 Å². The third-order valence-corrected chi connectivity index (χ3v) is 4.63. The lowest BCUT2D eigenvalue weighted by molar-refractivity contribution is 0.0695. The number of thioether (sulfide) groups is 1. The molecule has 2 heterocycles. The maximum Gasteiger partial charge on any atom is 0.339 e. The van der Waals surface area contributed by atoms with Gasteiger partial charge in [0.15, 0.2) is 0 Å². The Morgan fingerprint density at radius 2 is 2.29 bits per heavy atom. The number of furan rings is 1. The summed E-state index contributed by atoms with van der Waals surface area (Å²) in [6, 6.07) is 1.95. The lowest BCUT2D eigenvalue weighted by atomic mass is 10.2. The van der Waals surface area contributed by atoms with Gasteiger partial charge in [0.05, 0.1) is 11.8 Å². The van der Waals surface area contributed by atoms with E-state index in [0.717, 1.165) is 18.0 Å². The van der Waals surface area contributed by atoms with Crippen LogP contribution in [0.5, 0.6) is 0 Å². The van der Waals surface area contributed by atoms with Gasteiger partial charge in [-0.05, 0) is 36.3 Å². The Balaban J connectivity index is 1.69. The Kier molecular flexibility index (Phi) is 3.96. The zero-order valence-corrected chi connectivity index (χ0v) is 12.5. The summed E-state index contributed by atoms with van der Waals surface area (Å²) in [5.74, 6) is 0.592. The molecule has 0 aliphatic heterocycles. The molecule has 1 fully saturated rings. The molecule has 0 amide bonds. The van der Waals surface area contributed by atoms with Crippen molar-refractivity contribution in [3.63, 3.8) is 0 Å². The largest absolute Gasteiger partial charge is 0.478 e. The van der Waals surface area contributed by atoms with Gasteiger partial charge in [-0.25, -0.2) is 9.48 Å². The second-order valence-electron chi connectivity index (χ2n) is 5.12. The van der Waals surface area contributed by atoms with Crippen LogP contribution in [0.2, 0.25) is 0 Å². The Hall–Kier alpha value is -1.83. The molecule has 0 spiro atoms. The Morgan fingerprint density at radius 3 is 2.95 bits per heavy atom. The van der Waals surface area contributed by atoms with Crippen molar-refractivity contribution >= 4 is 17.7 Å². The van der Waals surface area contributed by atoms with Crippen LogP contribution < -0.4 is 0 Å². The SMILES string of the molecule is Cc1oc(CSc2nnnn2C2CCCC2)cc1C(=O)O. The number of tetrazole rings is 1. The zero-order chi connectivity index (χ0) is 14.8. The molecule has 0 saturated heterocycles. The van der Waals surface area contributed by atoms with Crippen LogP contribution in [-0.4, -0.2) is 31.3 Å². The molecule has 8 heteroatoms. The fraction of sp³-hybridized carbons (Fsp3) is 0.538. The fourth-order valence-corrected chi connectivity index (χ4v) is 3.45. The van der Waals surface area contributed by atoms with E-state index in [0.29, 0.717) is 23.3 Å². The standard InChI is InChI=1S/C13H16N4O3S/c1-8-11(12(18)19)6-10(20-8)7-21-13-14-15-16-17(13)9-4-2-3-5-9/h6,9H,2-5,7H2,1H3,(H,18,19). The van der Waals surface area contributed by atoms with Crippen LogP contribution in [0.4, 0.5) is 0 Å². The first kappa shape index (κ1) is 14.1. The lowest BCUT2D eigenvalue weighted by Crippen LogP contribution is -2.08. The van der Waals surface area contributed by atoms with E-state index >= 15 is 0 Å². The summed E-state index contributed by atoms with van der Waals surface area (Å²) in [7, 11) is 0. The van der Waals surface area contributed by atoms with E-state index in [1.807, 2.05) is 4.68 Å². The second kappa shape index (κ2) is 5.88. The van der Waals surface area contributed by atoms with Gasteiger partial charge in [-0.1, -0.05) is 24.6 Å². The average molecular weight is 308 g/mol. The van der Waals surface area contributed by atoms with Gasteiger partial charge in [-0.2, -0.15) is 0 Å². The molecule has 2 aromatic rings. The van der Waals surface area contributed by atoms with Crippen LogP contribution in [0.3, 0.4) is 0 Å². The van der Waals surface area contributed by atoms with Crippen molar-refractivity contribution in [1.29, 1.82) is 0 Å². The first-order valence-corrected chi connectivity index (χ1v) is 7.87. The predicted molar refractivity (Wildman–Crippen MR) is 75.3 cm³/mol. The van der Waals surface area contributed by atoms with Gasteiger partial charge < -0.3 is 9.52 Å². The number of nitrogens with zero attached hydrogens (tertiary/aromatic N) is 4. The number of aryl methyl sites for hydroxylation is 1. The highest BCUT2D eigenvalue weighted by molar-refractivity contribution is 7.98. The fourth-order valence-electron chi connectivity index (χ4n) is 2.62. The van der Waals surface area contributed by atoms with E-state index in [1.54, 1.807) is 13.0 Å². The third-order valence-electron chi connectivity index (χ3n) is 3.68. The molecular weight excluding hydrogens is 292 g/mol. The molecule has 1 aliphatic rings. The molecule has 0 radical (unpaired) electrons. The number of aromatic nitrogens is 4. The summed E-state index contributed by atoms with van der Waals surface area (Å²) >= 11 is 1.47. The molecule has 0 atom stereocenters. The van der Waals surface area contributed by atoms with Crippen LogP contribution >= 0.6 is 11.8 Å². The number of hydrogen-bond acceptors (Lipinski definition) is 6. The maximum atomic E-state index is 11.0. The van der Waals surface area contributed by atoms with Crippen molar-refractivity contribution < 1.29 is 14.3 Å². The molecule has 0 bridgehead atoms. The van der Waals surface area contributed by atoms with Crippen molar-refractivity contribution in [1.82, 2.24) is 20.2 Å². The lowest BCUT2D eigenvalue weighted by Gasteiger charge is -2.10. The van der Waals surface area contributed by atoms with E-state index < -0.39 is 5.97 Å². The van der Waals surface area contributed by atoms with Crippen LogP contribution in [0.25, 0.3) is 0 Å². The second-order valence-corrected chi connectivity index (χ2v) is 6.06. The molecule has 21 heavy (non-hydrogen) atoms. The Morgan fingerprint density at radius 1 is 1.52 bits per heavy atom. The van der Waals surface area contributed by atoms with Crippen LogP contribution in [-0.2, 0) is 5.75 Å². The van der Waals surface area contributed by atoms with Gasteiger partial charge in [0.2, 0.25) is 5.16 Å². The average Bonchev–Trinajstić information content (AvgIpc) is 3.16. The van der Waals surface area contributed by atoms with Gasteiger partial charge in [0.25, 0.3) is 0 Å². The van der Waals surface area contributed by atoms with Gasteiger partial charge in [0.1, 0.15) is 17.1 Å². The third kappa shape index (κ3) is 2.94. The van der Waals surface area contributed by atoms with Gasteiger partial charge >= 0.3 is 5.97 Å². The highest BCUT2D eigenvalue weighted by Gasteiger charge is 2.22. The number of carbonyl (C=O) groups is 1. The van der Waals surface area contributed by atoms with E-state index in [1.165, 1.54) is 24.6 Å². The highest BCUT2D eigenvalue weighted by Crippen LogP contribution is 2.32. The van der Waals surface area contributed by atoms with Gasteiger partial charge in [-0.15, -0.1) is 5.10 Å². The summed E-state index contributed by atoms with van der Waals surface area (Å²) < 4.78 is 7.34. The van der Waals surface area contributed by atoms with Gasteiger partial charge in [-0.3, -0.25) is 0 Å². The minimum atomic E-state index is -0.969. The van der Waals surface area contributed by atoms with E-state index in [2.05, 4.69) is 15.5 Å². The van der Waals surface area contributed by atoms with Crippen LogP contribution in [0.1, 0.15) is 53.6 Å². The topological polar surface area (TPSA) is 94.0 Å². The summed E-state index contributed by atoms with van der Waals surface area (Å²) in [5.41, 5.74) is 0.209. The Labute approximate surface area is 125 Å². The molecule has 7 nitrogen and oxygen atoms in total. The van der Waals surface area contributed by atoms with E-state index in [-0.39, 0.29) is 5.56 Å². The molecule has 0 unspecified atom stereocenters. The van der Waals surface area contributed by atoms with Crippen molar-refractivity contribution in [2.75, 3.05) is 0 Å². The molecule has 2 aromatic heterocycles. The molecule has 112 valence electrons. The van der Waals surface area contributed by atoms with Crippen molar-refractivity contribution in [3.8, 4) is 0 Å². The Bertz CT molecular complexity index is 646. The monoisotopic (exact) mass is 308 g/mol. The number of aromatic carboxylic acids is 1. The van der Waals surface area contributed by atoms with Crippen LogP contribution in [0, 0.1) is 6.92 Å². The predicted octanol–water partition coefficient (Wildman–Crippen LogP) is 2.68. The number of rotatable bonds is 5. The summed E-state index contributed by atoms with van der Waals surface area (Å²) in [4.78, 5) is 11.0. The highest BCUT2D eigenvalue weighted by atomic mass is 32.2. The smallest absolute Gasteiger partial charge is 0.339 e. The van der Waals surface area contributed by atoms with Crippen LogP contribution in [0.15, 0.2) is 15.6 Å². The first-order valence-electron chi connectivity index (χ1n) is 6.88. The number of carboxylic acids is 1. The van der Waals surface area contributed by atoms with Crippen molar-refractivity contribution in [2.24, 2.45) is 0 Å². The zero-order valence-electron chi connectivity index (χ0n) is 11.7. The van der Waals surface area contributed by atoms with Crippen molar-refractivity contribution in [3.05, 3.63) is 23.2 Å². The molecule has 3 rings (SSSR count). The normalized spacial score (nSPS) is 15.7. The molecule has 1 N–H and O–H groups in total. The number of hydrogen-bond donors (Lipinski definition) is 1. The van der Waals surface area contributed by atoms with E-state index in [9.17, 15) is 4.79 Å². The summed E-state index contributed by atoms with van der Waals surface area (Å²) in [6.07, 6.45) is 4.66. The molecule has 1 aliphatic carbocycles. The maximum absolute atomic E-state index is 11.0. The minimum absolute atomic E-state index is 0.209. The quantitative estimate of drug-likeness (QED) is 0.848. The van der Waals surface area contributed by atoms with Crippen molar-refractivity contribution in [2.45, 2.75) is 49.6 Å². The number of carboxylic acid groups (broad SMARTS) is 1. The first-order chi connectivity index (χ1) is 10.1. The van der Waals surface area contributed by atoms with E-state index in [4.69, 9.17) is 9.52 Å². The molecule has 0 aromatic carbocycles. The minimum Gasteiger partial charge on any atom is -0.478 e. The molecule has 1 saturated carbocycles. The summed E-state index contributed by atoms with van der Waals surface area (Å²) in [6.45, 7) is 1.65. The molecular formula is C13H16N4O3S. The summed E-state index contributed by atoms with van der Waals surface area (Å²) in [5, 5.41) is 21.6.